The lowest BCUT2D eigenvalue weighted by molar-refractivity contribution is 0.0417. The molecule has 0 bridgehead atoms. The SMILES string of the molecule is COc1cccc(-c2ccc(C(=O)N3CCC(O)(c4ccc(C)cc4)C3)c(=O)[nH]2)c1. The number of aliphatic hydroxyl groups is 1. The lowest BCUT2D eigenvalue weighted by Gasteiger charge is -2.24. The van der Waals surface area contributed by atoms with Crippen molar-refractivity contribution >= 4 is 5.91 Å². The summed E-state index contributed by atoms with van der Waals surface area (Å²) >= 11 is 0. The summed E-state index contributed by atoms with van der Waals surface area (Å²) in [4.78, 5) is 29.9. The molecule has 0 saturated carbocycles. The average molecular weight is 404 g/mol. The molecule has 0 radical (unpaired) electrons. The molecule has 2 N–H and O–H groups in total. The van der Waals surface area contributed by atoms with Crippen molar-refractivity contribution in [1.29, 1.82) is 0 Å². The van der Waals surface area contributed by atoms with Crippen molar-refractivity contribution in [3.63, 3.8) is 0 Å². The number of H-pyrrole nitrogens is 1. The number of rotatable bonds is 4. The van der Waals surface area contributed by atoms with E-state index in [1.807, 2.05) is 55.5 Å². The molecule has 1 aliphatic rings. The van der Waals surface area contributed by atoms with Crippen LogP contribution in [0.1, 0.15) is 27.9 Å². The smallest absolute Gasteiger partial charge is 0.261 e. The first-order valence-electron chi connectivity index (χ1n) is 9.86. The van der Waals surface area contributed by atoms with Crippen molar-refractivity contribution < 1.29 is 14.6 Å². The van der Waals surface area contributed by atoms with E-state index in [1.54, 1.807) is 19.2 Å². The molecule has 3 aromatic rings. The first-order chi connectivity index (χ1) is 14.4. The molecule has 30 heavy (non-hydrogen) atoms. The van der Waals surface area contributed by atoms with Gasteiger partial charge in [-0.15, -0.1) is 0 Å². The number of pyridine rings is 1. The molecule has 4 rings (SSSR count). The molecule has 2 heterocycles. The van der Waals surface area contributed by atoms with Crippen molar-refractivity contribution in [3.05, 3.63) is 87.7 Å². The van der Waals surface area contributed by atoms with Crippen molar-refractivity contribution in [1.82, 2.24) is 9.88 Å². The molecule has 1 unspecified atom stereocenters. The van der Waals surface area contributed by atoms with Gasteiger partial charge in [0, 0.05) is 17.8 Å². The number of aromatic nitrogens is 1. The predicted molar refractivity (Wildman–Crippen MR) is 115 cm³/mol. The highest BCUT2D eigenvalue weighted by molar-refractivity contribution is 5.94. The Bertz CT molecular complexity index is 1140. The van der Waals surface area contributed by atoms with Crippen molar-refractivity contribution in [2.45, 2.75) is 18.9 Å². The van der Waals surface area contributed by atoms with Crippen LogP contribution in [-0.4, -0.2) is 41.1 Å². The zero-order valence-corrected chi connectivity index (χ0v) is 17.0. The van der Waals surface area contributed by atoms with Gasteiger partial charge in [0.2, 0.25) is 0 Å². The number of ether oxygens (including phenoxy) is 1. The van der Waals surface area contributed by atoms with Gasteiger partial charge in [0.1, 0.15) is 16.9 Å². The molecule has 6 nitrogen and oxygen atoms in total. The van der Waals surface area contributed by atoms with E-state index >= 15 is 0 Å². The fraction of sp³-hybridized carbons (Fsp3) is 0.250. The van der Waals surface area contributed by atoms with Gasteiger partial charge in [0.25, 0.3) is 11.5 Å². The van der Waals surface area contributed by atoms with Crippen LogP contribution in [0.5, 0.6) is 5.75 Å². The highest BCUT2D eigenvalue weighted by Gasteiger charge is 2.40. The largest absolute Gasteiger partial charge is 0.497 e. The Hall–Kier alpha value is -3.38. The monoisotopic (exact) mass is 404 g/mol. The number of aromatic amines is 1. The number of methoxy groups -OCH3 is 1. The molecular formula is C24H24N2O4. The minimum Gasteiger partial charge on any atom is -0.497 e. The summed E-state index contributed by atoms with van der Waals surface area (Å²) < 4.78 is 5.22. The molecule has 1 fully saturated rings. The molecule has 1 aliphatic heterocycles. The quantitative estimate of drug-likeness (QED) is 0.700. The maximum absolute atomic E-state index is 13.0. The van der Waals surface area contributed by atoms with Crippen molar-refractivity contribution in [2.75, 3.05) is 20.2 Å². The third kappa shape index (κ3) is 3.74. The molecule has 1 saturated heterocycles. The molecule has 154 valence electrons. The molecule has 1 aromatic heterocycles. The van der Waals surface area contributed by atoms with E-state index in [9.17, 15) is 14.7 Å². The first-order valence-corrected chi connectivity index (χ1v) is 9.86. The van der Waals surface area contributed by atoms with Gasteiger partial charge in [0.05, 0.1) is 13.7 Å². The van der Waals surface area contributed by atoms with Crippen LogP contribution in [0.4, 0.5) is 0 Å². The van der Waals surface area contributed by atoms with Gasteiger partial charge in [-0.2, -0.15) is 0 Å². The summed E-state index contributed by atoms with van der Waals surface area (Å²) in [5, 5.41) is 11.0. The lowest BCUT2D eigenvalue weighted by Crippen LogP contribution is -2.36. The Morgan fingerprint density at radius 3 is 2.60 bits per heavy atom. The topological polar surface area (TPSA) is 82.6 Å². The van der Waals surface area contributed by atoms with Crippen LogP contribution in [0, 0.1) is 6.92 Å². The standard InChI is InChI=1S/C24H24N2O4/c1-16-6-8-18(9-7-16)24(29)12-13-26(15-24)23(28)20-10-11-21(25-22(20)27)17-4-3-5-19(14-17)30-2/h3-11,14,29H,12-13,15H2,1-2H3,(H,25,27). The second kappa shape index (κ2) is 7.80. The second-order valence-electron chi connectivity index (χ2n) is 7.72. The van der Waals surface area contributed by atoms with Gasteiger partial charge in [-0.1, -0.05) is 42.0 Å². The van der Waals surface area contributed by atoms with Gasteiger partial charge >= 0.3 is 0 Å². The summed E-state index contributed by atoms with van der Waals surface area (Å²) in [6, 6.07) is 18.2. The summed E-state index contributed by atoms with van der Waals surface area (Å²) in [5.41, 5.74) is 1.80. The van der Waals surface area contributed by atoms with E-state index in [-0.39, 0.29) is 18.0 Å². The van der Waals surface area contributed by atoms with Gasteiger partial charge < -0.3 is 19.7 Å². The van der Waals surface area contributed by atoms with Crippen molar-refractivity contribution in [2.24, 2.45) is 0 Å². The van der Waals surface area contributed by atoms with E-state index in [0.717, 1.165) is 16.7 Å². The van der Waals surface area contributed by atoms with Gasteiger partial charge in [-0.05, 0) is 43.2 Å². The van der Waals surface area contributed by atoms with E-state index in [1.165, 1.54) is 4.90 Å². The number of hydrogen-bond acceptors (Lipinski definition) is 4. The second-order valence-corrected chi connectivity index (χ2v) is 7.72. The van der Waals surface area contributed by atoms with E-state index < -0.39 is 11.2 Å². The van der Waals surface area contributed by atoms with Crippen molar-refractivity contribution in [3.8, 4) is 17.0 Å². The summed E-state index contributed by atoms with van der Waals surface area (Å²) in [7, 11) is 1.58. The normalized spacial score (nSPS) is 18.4. The Kier molecular flexibility index (Phi) is 5.18. The number of carbonyl (C=O) groups excluding carboxylic acids is 1. The molecule has 0 spiro atoms. The van der Waals surface area contributed by atoms with Crippen LogP contribution < -0.4 is 10.3 Å². The molecule has 6 heteroatoms. The fourth-order valence-electron chi connectivity index (χ4n) is 3.84. The minimum absolute atomic E-state index is 0.0646. The minimum atomic E-state index is -1.10. The number of aryl methyl sites for hydroxylation is 1. The van der Waals surface area contributed by atoms with Crippen LogP contribution in [-0.2, 0) is 5.60 Å². The highest BCUT2D eigenvalue weighted by atomic mass is 16.5. The summed E-state index contributed by atoms with van der Waals surface area (Å²) in [5.74, 6) is 0.303. The molecule has 1 amide bonds. The van der Waals surface area contributed by atoms with Crippen LogP contribution in [0.2, 0.25) is 0 Å². The number of carbonyl (C=O) groups is 1. The molecule has 1 atom stereocenters. The number of likely N-dealkylation sites (tertiary alicyclic amines) is 1. The Balaban J connectivity index is 1.55. The number of nitrogens with zero attached hydrogens (tertiary/aromatic N) is 1. The highest BCUT2D eigenvalue weighted by Crippen LogP contribution is 2.32. The summed E-state index contributed by atoms with van der Waals surface area (Å²) in [6.45, 7) is 2.53. The van der Waals surface area contributed by atoms with E-state index in [0.29, 0.717) is 24.4 Å². The zero-order valence-electron chi connectivity index (χ0n) is 17.0. The third-order valence-corrected chi connectivity index (χ3v) is 5.64. The average Bonchev–Trinajstić information content (AvgIpc) is 3.17. The van der Waals surface area contributed by atoms with Crippen LogP contribution >= 0.6 is 0 Å². The fourth-order valence-corrected chi connectivity index (χ4v) is 3.84. The molecule has 0 aliphatic carbocycles. The zero-order chi connectivity index (χ0) is 21.3. The van der Waals surface area contributed by atoms with Gasteiger partial charge in [0.15, 0.2) is 0 Å². The Labute approximate surface area is 174 Å². The lowest BCUT2D eigenvalue weighted by atomic mass is 9.92. The number of β-amino-alcohol motifs (C(OH)–C–C–N with tert-alkyl or cyclic N) is 1. The van der Waals surface area contributed by atoms with E-state index in [4.69, 9.17) is 4.74 Å². The van der Waals surface area contributed by atoms with Crippen LogP contribution in [0.25, 0.3) is 11.3 Å². The summed E-state index contributed by atoms with van der Waals surface area (Å²) in [6.07, 6.45) is 0.432. The Morgan fingerprint density at radius 1 is 1.13 bits per heavy atom. The first kappa shape index (κ1) is 19.9. The van der Waals surface area contributed by atoms with Gasteiger partial charge in [-0.25, -0.2) is 0 Å². The van der Waals surface area contributed by atoms with Crippen LogP contribution in [0.3, 0.4) is 0 Å². The number of benzene rings is 2. The maximum atomic E-state index is 13.0. The van der Waals surface area contributed by atoms with Gasteiger partial charge in [-0.3, -0.25) is 9.59 Å². The number of amides is 1. The maximum Gasteiger partial charge on any atom is 0.261 e. The Morgan fingerprint density at radius 2 is 1.90 bits per heavy atom. The van der Waals surface area contributed by atoms with Crippen LogP contribution in [0.15, 0.2) is 65.5 Å². The predicted octanol–water partition coefficient (Wildman–Crippen LogP) is 3.09. The van der Waals surface area contributed by atoms with E-state index in [2.05, 4.69) is 4.98 Å². The number of hydrogen-bond donors (Lipinski definition) is 2. The third-order valence-electron chi connectivity index (χ3n) is 5.64. The number of nitrogens with one attached hydrogen (secondary N) is 1. The molecular weight excluding hydrogens is 380 g/mol. The molecule has 2 aromatic carbocycles.